The van der Waals surface area contributed by atoms with Gasteiger partial charge >= 0.3 is 0 Å². The van der Waals surface area contributed by atoms with E-state index < -0.39 is 10.2 Å². The van der Waals surface area contributed by atoms with Crippen molar-refractivity contribution in [2.24, 2.45) is 5.10 Å². The van der Waals surface area contributed by atoms with Gasteiger partial charge in [0.2, 0.25) is 4.33 Å². The van der Waals surface area contributed by atoms with Crippen molar-refractivity contribution < 1.29 is 4.79 Å². The van der Waals surface area contributed by atoms with Crippen LogP contribution < -0.4 is 4.90 Å². The van der Waals surface area contributed by atoms with Crippen molar-refractivity contribution in [2.75, 3.05) is 11.9 Å². The summed E-state index contributed by atoms with van der Waals surface area (Å²) >= 11 is 11.8. The third-order valence-electron chi connectivity index (χ3n) is 2.10. The SMILES string of the molecule is CC1=Nn2cnnc2N(C)C(=O)C1(Cl)Cl. The zero-order chi connectivity index (χ0) is 11.2. The lowest BCUT2D eigenvalue weighted by atomic mass is 10.2. The average molecular weight is 248 g/mol. The Balaban J connectivity index is 2.63. The van der Waals surface area contributed by atoms with Gasteiger partial charge < -0.3 is 0 Å². The van der Waals surface area contributed by atoms with Crippen LogP contribution in [-0.4, -0.2) is 37.9 Å². The van der Waals surface area contributed by atoms with E-state index in [1.807, 2.05) is 0 Å². The molecule has 0 aromatic carbocycles. The lowest BCUT2D eigenvalue weighted by Crippen LogP contribution is -2.43. The molecule has 15 heavy (non-hydrogen) atoms. The number of alkyl halides is 2. The first-order valence-electron chi connectivity index (χ1n) is 4.06. The minimum atomic E-state index is -1.66. The number of halogens is 2. The number of fused-ring (bicyclic) bond motifs is 1. The molecular formula is C7H7Cl2N5O. The number of carbonyl (C=O) groups excluding carboxylic acids is 1. The largest absolute Gasteiger partial charge is 0.279 e. The Morgan fingerprint density at radius 3 is 2.80 bits per heavy atom. The average Bonchev–Trinajstić information content (AvgIpc) is 2.60. The van der Waals surface area contributed by atoms with Crippen LogP contribution in [0.5, 0.6) is 0 Å². The molecule has 0 fully saturated rings. The van der Waals surface area contributed by atoms with Gasteiger partial charge in [-0.15, -0.1) is 10.2 Å². The highest BCUT2D eigenvalue weighted by molar-refractivity contribution is 6.69. The van der Waals surface area contributed by atoms with E-state index in [1.165, 1.54) is 23.0 Å². The molecule has 2 heterocycles. The fraction of sp³-hybridized carbons (Fsp3) is 0.429. The highest BCUT2D eigenvalue weighted by Gasteiger charge is 2.43. The molecule has 0 saturated carbocycles. The third kappa shape index (κ3) is 1.40. The van der Waals surface area contributed by atoms with Crippen molar-refractivity contribution in [3.05, 3.63) is 6.33 Å². The number of anilines is 1. The van der Waals surface area contributed by atoms with Gasteiger partial charge in [-0.3, -0.25) is 9.69 Å². The van der Waals surface area contributed by atoms with E-state index in [0.29, 0.717) is 0 Å². The summed E-state index contributed by atoms with van der Waals surface area (Å²) in [5.74, 6) is -0.221. The van der Waals surface area contributed by atoms with Crippen LogP contribution in [-0.2, 0) is 4.79 Å². The summed E-state index contributed by atoms with van der Waals surface area (Å²) in [6.07, 6.45) is 1.37. The minimum absolute atomic E-state index is 0.279. The van der Waals surface area contributed by atoms with Crippen LogP contribution in [0.1, 0.15) is 6.92 Å². The molecule has 0 bridgehead atoms. The Hall–Kier alpha value is -1.14. The van der Waals surface area contributed by atoms with Crippen molar-refractivity contribution in [2.45, 2.75) is 11.3 Å². The molecule has 0 atom stereocenters. The maximum Gasteiger partial charge on any atom is 0.271 e. The van der Waals surface area contributed by atoms with Crippen molar-refractivity contribution in [1.82, 2.24) is 14.9 Å². The summed E-state index contributed by atoms with van der Waals surface area (Å²) < 4.78 is -0.310. The van der Waals surface area contributed by atoms with E-state index in [-0.39, 0.29) is 11.7 Å². The van der Waals surface area contributed by atoms with Gasteiger partial charge in [-0.25, -0.2) is 0 Å². The maximum absolute atomic E-state index is 11.8. The van der Waals surface area contributed by atoms with Crippen molar-refractivity contribution >= 4 is 40.8 Å². The normalized spacial score (nSPS) is 19.6. The summed E-state index contributed by atoms with van der Waals surface area (Å²) in [6.45, 7) is 1.57. The van der Waals surface area contributed by atoms with E-state index in [1.54, 1.807) is 6.92 Å². The van der Waals surface area contributed by atoms with E-state index in [4.69, 9.17) is 23.2 Å². The third-order valence-corrected chi connectivity index (χ3v) is 2.97. The van der Waals surface area contributed by atoms with Crippen molar-refractivity contribution in [1.29, 1.82) is 0 Å². The summed E-state index contributed by atoms with van der Waals surface area (Å²) in [4.78, 5) is 13.1. The second kappa shape index (κ2) is 3.18. The number of nitrogens with zero attached hydrogens (tertiary/aromatic N) is 5. The summed E-state index contributed by atoms with van der Waals surface area (Å²) in [7, 11) is 1.51. The zero-order valence-corrected chi connectivity index (χ0v) is 9.49. The van der Waals surface area contributed by atoms with Gasteiger partial charge in [-0.05, 0) is 6.92 Å². The Kier molecular flexibility index (Phi) is 2.20. The number of amides is 1. The van der Waals surface area contributed by atoms with Gasteiger partial charge in [0.15, 0.2) is 0 Å². The molecule has 0 unspecified atom stereocenters. The molecule has 0 saturated heterocycles. The topological polar surface area (TPSA) is 63.4 Å². The fourth-order valence-electron chi connectivity index (χ4n) is 1.20. The lowest BCUT2D eigenvalue weighted by molar-refractivity contribution is -0.117. The van der Waals surface area contributed by atoms with Crippen LogP contribution >= 0.6 is 23.2 Å². The van der Waals surface area contributed by atoms with Crippen LogP contribution in [0, 0.1) is 0 Å². The summed E-state index contributed by atoms with van der Waals surface area (Å²) in [5, 5.41) is 11.4. The quantitative estimate of drug-likeness (QED) is 0.633. The molecule has 0 N–H and O–H groups in total. The minimum Gasteiger partial charge on any atom is -0.279 e. The molecule has 0 radical (unpaired) electrons. The van der Waals surface area contributed by atoms with E-state index in [9.17, 15) is 4.79 Å². The monoisotopic (exact) mass is 247 g/mol. The van der Waals surface area contributed by atoms with Crippen LogP contribution in [0.2, 0.25) is 0 Å². The van der Waals surface area contributed by atoms with E-state index in [0.717, 1.165) is 0 Å². The first-order valence-corrected chi connectivity index (χ1v) is 4.82. The number of rotatable bonds is 0. The second-order valence-corrected chi connectivity index (χ2v) is 4.43. The molecule has 1 aliphatic rings. The van der Waals surface area contributed by atoms with Crippen LogP contribution in [0.4, 0.5) is 5.95 Å². The standard InChI is InChI=1S/C7H7Cl2N5O/c1-4-7(8,9)5(15)13(2)6-11-10-3-14(6)12-4/h3H,1-2H3. The molecule has 0 aliphatic carbocycles. The highest BCUT2D eigenvalue weighted by atomic mass is 35.5. The number of hydrogen-bond acceptors (Lipinski definition) is 4. The van der Waals surface area contributed by atoms with Crippen molar-refractivity contribution in [3.8, 4) is 0 Å². The van der Waals surface area contributed by atoms with E-state index in [2.05, 4.69) is 15.3 Å². The summed E-state index contributed by atoms with van der Waals surface area (Å²) in [5.41, 5.74) is 0.279. The first kappa shape index (κ1) is 10.4. The molecule has 6 nitrogen and oxygen atoms in total. The van der Waals surface area contributed by atoms with Crippen molar-refractivity contribution in [3.63, 3.8) is 0 Å². The lowest BCUT2D eigenvalue weighted by Gasteiger charge is -2.20. The maximum atomic E-state index is 11.8. The molecule has 80 valence electrons. The van der Waals surface area contributed by atoms with Gasteiger partial charge in [0.1, 0.15) is 6.33 Å². The Bertz CT molecular complexity index is 452. The highest BCUT2D eigenvalue weighted by Crippen LogP contribution is 2.30. The Morgan fingerprint density at radius 1 is 1.47 bits per heavy atom. The Morgan fingerprint density at radius 2 is 2.13 bits per heavy atom. The fourth-order valence-corrected chi connectivity index (χ4v) is 1.52. The molecule has 1 aromatic heterocycles. The van der Waals surface area contributed by atoms with Crippen LogP contribution in [0.25, 0.3) is 0 Å². The number of carbonyl (C=O) groups is 1. The second-order valence-electron chi connectivity index (χ2n) is 3.10. The van der Waals surface area contributed by atoms with Gasteiger partial charge in [0.05, 0.1) is 5.71 Å². The van der Waals surface area contributed by atoms with Crippen LogP contribution in [0.3, 0.4) is 0 Å². The molecule has 1 amide bonds. The summed E-state index contributed by atoms with van der Waals surface area (Å²) in [6, 6.07) is 0. The zero-order valence-electron chi connectivity index (χ0n) is 7.98. The molecule has 1 aromatic rings. The number of hydrogen-bond donors (Lipinski definition) is 0. The van der Waals surface area contributed by atoms with Gasteiger partial charge in [-0.2, -0.15) is 9.78 Å². The Labute approximate surface area is 95.5 Å². The van der Waals surface area contributed by atoms with Gasteiger partial charge in [0, 0.05) is 7.05 Å². The predicted molar refractivity (Wildman–Crippen MR) is 56.4 cm³/mol. The molecule has 0 spiro atoms. The molecule has 1 aliphatic heterocycles. The molecule has 2 rings (SSSR count). The predicted octanol–water partition coefficient (Wildman–Crippen LogP) is 0.652. The molecule has 8 heteroatoms. The van der Waals surface area contributed by atoms with Crippen LogP contribution in [0.15, 0.2) is 11.4 Å². The van der Waals surface area contributed by atoms with Gasteiger partial charge in [0.25, 0.3) is 11.9 Å². The number of aromatic nitrogens is 3. The first-order chi connectivity index (χ1) is 6.94. The smallest absolute Gasteiger partial charge is 0.271 e. The van der Waals surface area contributed by atoms with E-state index >= 15 is 0 Å². The molecular weight excluding hydrogens is 241 g/mol. The van der Waals surface area contributed by atoms with Gasteiger partial charge in [-0.1, -0.05) is 23.2 Å².